The van der Waals surface area contributed by atoms with Crippen molar-refractivity contribution in [1.82, 2.24) is 4.90 Å². The van der Waals surface area contributed by atoms with Gasteiger partial charge in [0.25, 0.3) is 5.91 Å². The molecular weight excluding hydrogens is 272 g/mol. The lowest BCUT2D eigenvalue weighted by atomic mass is 10.1. The molecule has 1 aliphatic heterocycles. The Kier molecular flexibility index (Phi) is 4.67. The first-order valence-electron chi connectivity index (χ1n) is 6.96. The highest BCUT2D eigenvalue weighted by atomic mass is 16.5. The summed E-state index contributed by atoms with van der Waals surface area (Å²) in [4.78, 5) is 25.5. The zero-order valence-corrected chi connectivity index (χ0v) is 12.3. The highest BCUT2D eigenvalue weighted by Crippen LogP contribution is 2.25. The van der Waals surface area contributed by atoms with Crippen LogP contribution in [0.25, 0.3) is 0 Å². The van der Waals surface area contributed by atoms with Gasteiger partial charge in [-0.3, -0.25) is 9.59 Å². The van der Waals surface area contributed by atoms with Gasteiger partial charge in [-0.15, -0.1) is 0 Å². The molecule has 114 valence electrons. The van der Waals surface area contributed by atoms with Crippen molar-refractivity contribution in [2.45, 2.75) is 13.3 Å². The predicted molar refractivity (Wildman–Crippen MR) is 78.0 cm³/mol. The summed E-state index contributed by atoms with van der Waals surface area (Å²) in [7, 11) is 1.36. The van der Waals surface area contributed by atoms with Crippen LogP contribution in [0.1, 0.15) is 23.7 Å². The summed E-state index contributed by atoms with van der Waals surface area (Å²) in [6.07, 6.45) is 0.630. The van der Waals surface area contributed by atoms with Crippen LogP contribution in [0.4, 0.5) is 5.69 Å². The smallest absolute Gasteiger partial charge is 0.310 e. The molecule has 1 aliphatic rings. The van der Waals surface area contributed by atoms with Gasteiger partial charge in [-0.25, -0.2) is 0 Å². The second kappa shape index (κ2) is 6.47. The maximum Gasteiger partial charge on any atom is 0.310 e. The number of ether oxygens (including phenoxy) is 2. The Labute approximate surface area is 123 Å². The normalized spacial score (nSPS) is 17.6. The van der Waals surface area contributed by atoms with Crippen LogP contribution in [0.2, 0.25) is 0 Å². The third-order valence-electron chi connectivity index (χ3n) is 3.57. The van der Waals surface area contributed by atoms with Gasteiger partial charge in [0.2, 0.25) is 0 Å². The molecular formula is C15H20N2O4. The molecule has 1 heterocycles. The van der Waals surface area contributed by atoms with Crippen LogP contribution >= 0.6 is 0 Å². The van der Waals surface area contributed by atoms with E-state index in [0.29, 0.717) is 43.1 Å². The maximum atomic E-state index is 12.4. The summed E-state index contributed by atoms with van der Waals surface area (Å²) in [5.74, 6) is -0.0606. The first-order valence-corrected chi connectivity index (χ1v) is 6.96. The first kappa shape index (κ1) is 15.2. The predicted octanol–water partition coefficient (Wildman–Crippen LogP) is 1.30. The largest absolute Gasteiger partial charge is 0.492 e. The molecule has 1 fully saturated rings. The number of nitrogens with two attached hydrogens (primary N) is 1. The number of methoxy groups -OCH3 is 1. The summed E-state index contributed by atoms with van der Waals surface area (Å²) >= 11 is 0. The molecule has 21 heavy (non-hydrogen) atoms. The molecule has 2 N–H and O–H groups in total. The van der Waals surface area contributed by atoms with Gasteiger partial charge < -0.3 is 20.1 Å². The highest BCUT2D eigenvalue weighted by Gasteiger charge is 2.32. The van der Waals surface area contributed by atoms with Crippen molar-refractivity contribution >= 4 is 17.6 Å². The molecule has 0 spiro atoms. The lowest BCUT2D eigenvalue weighted by Gasteiger charge is -2.17. The van der Waals surface area contributed by atoms with Crippen LogP contribution in [0, 0.1) is 5.92 Å². The lowest BCUT2D eigenvalue weighted by molar-refractivity contribution is -0.144. The fourth-order valence-electron chi connectivity index (χ4n) is 2.45. The average molecular weight is 292 g/mol. The fourth-order valence-corrected chi connectivity index (χ4v) is 2.45. The molecule has 0 radical (unpaired) electrons. The first-order chi connectivity index (χ1) is 10.1. The number of hydrogen-bond acceptors (Lipinski definition) is 5. The monoisotopic (exact) mass is 292 g/mol. The maximum absolute atomic E-state index is 12.4. The van der Waals surface area contributed by atoms with E-state index in [-0.39, 0.29) is 17.8 Å². The van der Waals surface area contributed by atoms with Crippen LogP contribution < -0.4 is 10.5 Å². The van der Waals surface area contributed by atoms with Crippen molar-refractivity contribution < 1.29 is 19.1 Å². The number of nitrogens with zero attached hydrogens (tertiary/aromatic N) is 1. The molecule has 0 aromatic heterocycles. The Balaban J connectivity index is 2.07. The average Bonchev–Trinajstić information content (AvgIpc) is 2.97. The fraction of sp³-hybridized carbons (Fsp3) is 0.467. The van der Waals surface area contributed by atoms with Crippen molar-refractivity contribution in [1.29, 1.82) is 0 Å². The van der Waals surface area contributed by atoms with E-state index < -0.39 is 0 Å². The third-order valence-corrected chi connectivity index (χ3v) is 3.57. The number of amides is 1. The summed E-state index contributed by atoms with van der Waals surface area (Å²) in [6, 6.07) is 4.99. The van der Waals surface area contributed by atoms with Gasteiger partial charge in [-0.2, -0.15) is 0 Å². The van der Waals surface area contributed by atoms with Crippen molar-refractivity contribution in [2.24, 2.45) is 5.92 Å². The highest BCUT2D eigenvalue weighted by molar-refractivity contribution is 5.96. The minimum Gasteiger partial charge on any atom is -0.492 e. The number of esters is 1. The van der Waals surface area contributed by atoms with Crippen molar-refractivity contribution in [3.63, 3.8) is 0 Å². The number of anilines is 1. The van der Waals surface area contributed by atoms with Crippen molar-refractivity contribution in [3.05, 3.63) is 23.8 Å². The molecule has 0 bridgehead atoms. The van der Waals surface area contributed by atoms with E-state index in [1.165, 1.54) is 7.11 Å². The van der Waals surface area contributed by atoms with E-state index in [4.69, 9.17) is 15.2 Å². The summed E-state index contributed by atoms with van der Waals surface area (Å²) in [5.41, 5.74) is 6.81. The molecule has 1 atom stereocenters. The third kappa shape index (κ3) is 3.26. The van der Waals surface area contributed by atoms with Gasteiger partial charge in [0, 0.05) is 18.7 Å². The van der Waals surface area contributed by atoms with Crippen LogP contribution in [0.15, 0.2) is 18.2 Å². The molecule has 0 saturated carbocycles. The van der Waals surface area contributed by atoms with Gasteiger partial charge in [0.05, 0.1) is 25.3 Å². The second-order valence-electron chi connectivity index (χ2n) is 4.95. The van der Waals surface area contributed by atoms with Crippen molar-refractivity contribution in [2.75, 3.05) is 32.5 Å². The Bertz CT molecular complexity index is 544. The molecule has 1 unspecified atom stereocenters. The van der Waals surface area contributed by atoms with E-state index in [1.54, 1.807) is 23.1 Å². The number of carbonyl (C=O) groups is 2. The van der Waals surface area contributed by atoms with Gasteiger partial charge in [-0.1, -0.05) is 0 Å². The minimum atomic E-state index is -0.267. The summed E-state index contributed by atoms with van der Waals surface area (Å²) in [5, 5.41) is 0. The Morgan fingerprint density at radius 2 is 2.19 bits per heavy atom. The van der Waals surface area contributed by atoms with E-state index in [0.717, 1.165) is 0 Å². The number of carbonyl (C=O) groups excluding carboxylic acids is 2. The second-order valence-corrected chi connectivity index (χ2v) is 4.95. The van der Waals surface area contributed by atoms with Crippen molar-refractivity contribution in [3.8, 4) is 5.75 Å². The molecule has 1 saturated heterocycles. The van der Waals surface area contributed by atoms with Gasteiger partial charge >= 0.3 is 5.97 Å². The number of rotatable bonds is 4. The zero-order valence-electron chi connectivity index (χ0n) is 12.3. The summed E-state index contributed by atoms with van der Waals surface area (Å²) < 4.78 is 10.1. The number of benzene rings is 1. The van der Waals surface area contributed by atoms with E-state index in [1.807, 2.05) is 6.92 Å². The van der Waals surface area contributed by atoms with E-state index >= 15 is 0 Å². The van der Waals surface area contributed by atoms with Gasteiger partial charge in [-0.05, 0) is 31.5 Å². The van der Waals surface area contributed by atoms with Crippen LogP contribution in [-0.4, -0.2) is 43.6 Å². The Morgan fingerprint density at radius 1 is 1.43 bits per heavy atom. The van der Waals surface area contributed by atoms with Gasteiger partial charge in [0.1, 0.15) is 5.75 Å². The Morgan fingerprint density at radius 3 is 2.81 bits per heavy atom. The number of nitrogen functional groups attached to an aromatic ring is 1. The summed E-state index contributed by atoms with van der Waals surface area (Å²) in [6.45, 7) is 3.32. The quantitative estimate of drug-likeness (QED) is 0.668. The molecule has 6 nitrogen and oxygen atoms in total. The zero-order chi connectivity index (χ0) is 15.4. The molecule has 6 heteroatoms. The standard InChI is InChI=1S/C15H20N2O4/c1-3-21-13-5-4-10(8-12(13)16)14(18)17-7-6-11(9-17)15(19)20-2/h4-5,8,11H,3,6-7,9,16H2,1-2H3. The van der Waals surface area contributed by atoms with Crippen LogP contribution in [0.5, 0.6) is 5.75 Å². The number of hydrogen-bond donors (Lipinski definition) is 1. The Hall–Kier alpha value is -2.24. The van der Waals surface area contributed by atoms with E-state index in [9.17, 15) is 9.59 Å². The van der Waals surface area contributed by atoms with Crippen LogP contribution in [0.3, 0.4) is 0 Å². The molecule has 2 rings (SSSR count). The minimum absolute atomic E-state index is 0.129. The van der Waals surface area contributed by atoms with E-state index in [2.05, 4.69) is 0 Å². The SMILES string of the molecule is CCOc1ccc(C(=O)N2CCC(C(=O)OC)C2)cc1N. The van der Waals surface area contributed by atoms with Gasteiger partial charge in [0.15, 0.2) is 0 Å². The topological polar surface area (TPSA) is 81.9 Å². The van der Waals surface area contributed by atoms with Crippen LogP contribution in [-0.2, 0) is 9.53 Å². The molecule has 1 aromatic rings. The molecule has 1 aromatic carbocycles. The molecule has 0 aliphatic carbocycles. The lowest BCUT2D eigenvalue weighted by Crippen LogP contribution is -2.30. The number of likely N-dealkylation sites (tertiary alicyclic amines) is 1. The molecule has 1 amide bonds.